The van der Waals surface area contributed by atoms with Gasteiger partial charge in [-0.25, -0.2) is 0 Å². The van der Waals surface area contributed by atoms with E-state index in [9.17, 15) is 18.4 Å². The maximum absolute atomic E-state index is 12.6. The summed E-state index contributed by atoms with van der Waals surface area (Å²) in [6.07, 6.45) is 0. The third-order valence-electron chi connectivity index (χ3n) is 4.63. The van der Waals surface area contributed by atoms with E-state index in [4.69, 9.17) is 4.74 Å². The molecule has 1 aliphatic carbocycles. The molecule has 1 N–H and O–H groups in total. The molecule has 0 aromatic heterocycles. The Morgan fingerprint density at radius 3 is 2.34 bits per heavy atom. The molecule has 1 amide bonds. The smallest absolute Gasteiger partial charge is 0.387 e. The van der Waals surface area contributed by atoms with Crippen molar-refractivity contribution >= 4 is 17.4 Å². The highest BCUT2D eigenvalue weighted by Crippen LogP contribution is 2.37. The predicted octanol–water partition coefficient (Wildman–Crippen LogP) is 4.76. The van der Waals surface area contributed by atoms with Gasteiger partial charge in [0.05, 0.1) is 7.11 Å². The molecule has 0 bridgehead atoms. The van der Waals surface area contributed by atoms with Crippen molar-refractivity contribution in [3.8, 4) is 22.6 Å². The summed E-state index contributed by atoms with van der Waals surface area (Å²) in [6.45, 7) is -3.03. The first-order valence-corrected chi connectivity index (χ1v) is 8.70. The average Bonchev–Trinajstić information content (AvgIpc) is 3.00. The molecule has 146 valence electrons. The fraction of sp³-hybridized carbons (Fsp3) is 0.0909. The van der Waals surface area contributed by atoms with Crippen molar-refractivity contribution in [3.63, 3.8) is 0 Å². The summed E-state index contributed by atoms with van der Waals surface area (Å²) in [5, 5.41) is 2.62. The summed E-state index contributed by atoms with van der Waals surface area (Å²) in [6, 6.07) is 16.3. The van der Waals surface area contributed by atoms with Gasteiger partial charge in [0.1, 0.15) is 0 Å². The van der Waals surface area contributed by atoms with Crippen LogP contribution in [0.4, 0.5) is 14.5 Å². The zero-order valence-corrected chi connectivity index (χ0v) is 15.2. The number of benzene rings is 3. The number of carbonyl (C=O) groups is 2. The zero-order chi connectivity index (χ0) is 20.5. The lowest BCUT2D eigenvalue weighted by Crippen LogP contribution is -2.13. The minimum Gasteiger partial charge on any atom is -0.493 e. The number of ether oxygens (including phenoxy) is 2. The molecule has 3 aromatic rings. The molecule has 0 fully saturated rings. The average molecular weight is 395 g/mol. The predicted molar refractivity (Wildman–Crippen MR) is 103 cm³/mol. The number of ketones is 1. The standard InChI is InChI=1S/C22H15F2NO4/c1-28-18-9-7-13(11-19(18)29-22(23)24)25-21(27)12-6-8-15-14-4-2-3-5-16(14)20(26)17(15)10-12/h2-11,22H,1H3,(H,25,27). The molecule has 1 aliphatic rings. The van der Waals surface area contributed by atoms with Crippen molar-refractivity contribution in [2.45, 2.75) is 6.61 Å². The van der Waals surface area contributed by atoms with Gasteiger partial charge in [-0.1, -0.05) is 30.3 Å². The third kappa shape index (κ3) is 3.42. The van der Waals surface area contributed by atoms with Crippen molar-refractivity contribution in [2.75, 3.05) is 12.4 Å². The largest absolute Gasteiger partial charge is 0.493 e. The Morgan fingerprint density at radius 2 is 1.62 bits per heavy atom. The van der Waals surface area contributed by atoms with Gasteiger partial charge < -0.3 is 14.8 Å². The minimum absolute atomic E-state index is 0.115. The Kier molecular flexibility index (Phi) is 4.72. The summed E-state index contributed by atoms with van der Waals surface area (Å²) in [7, 11) is 1.32. The van der Waals surface area contributed by atoms with E-state index in [2.05, 4.69) is 10.1 Å². The second-order valence-electron chi connectivity index (χ2n) is 6.33. The molecule has 0 heterocycles. The fourth-order valence-corrected chi connectivity index (χ4v) is 3.32. The first kappa shape index (κ1) is 18.6. The third-order valence-corrected chi connectivity index (χ3v) is 4.63. The van der Waals surface area contributed by atoms with Crippen LogP contribution in [0.1, 0.15) is 26.3 Å². The highest BCUT2D eigenvalue weighted by Gasteiger charge is 2.27. The van der Waals surface area contributed by atoms with Crippen LogP contribution in [0.3, 0.4) is 0 Å². The molecule has 5 nitrogen and oxygen atoms in total. The number of nitrogens with one attached hydrogen (secondary N) is 1. The Balaban J connectivity index is 1.60. The monoisotopic (exact) mass is 395 g/mol. The van der Waals surface area contributed by atoms with E-state index in [0.717, 1.165) is 11.1 Å². The van der Waals surface area contributed by atoms with Gasteiger partial charge in [0.15, 0.2) is 17.3 Å². The molecule has 3 aromatic carbocycles. The molecule has 0 saturated carbocycles. The number of amides is 1. The van der Waals surface area contributed by atoms with E-state index in [1.54, 1.807) is 24.3 Å². The lowest BCUT2D eigenvalue weighted by atomic mass is 10.0. The van der Waals surface area contributed by atoms with Crippen molar-refractivity contribution in [2.24, 2.45) is 0 Å². The molecule has 0 spiro atoms. The van der Waals surface area contributed by atoms with Crippen LogP contribution in [0.15, 0.2) is 60.7 Å². The lowest BCUT2D eigenvalue weighted by molar-refractivity contribution is -0.0511. The molecule has 0 aliphatic heterocycles. The number of anilines is 1. The lowest BCUT2D eigenvalue weighted by Gasteiger charge is -2.12. The van der Waals surface area contributed by atoms with Crippen molar-refractivity contribution in [1.29, 1.82) is 0 Å². The van der Waals surface area contributed by atoms with E-state index in [-0.39, 0.29) is 28.5 Å². The van der Waals surface area contributed by atoms with Crippen LogP contribution in [-0.4, -0.2) is 25.4 Å². The van der Waals surface area contributed by atoms with Gasteiger partial charge in [0.25, 0.3) is 5.91 Å². The van der Waals surface area contributed by atoms with Gasteiger partial charge in [0, 0.05) is 28.4 Å². The molecule has 0 radical (unpaired) electrons. The fourth-order valence-electron chi connectivity index (χ4n) is 3.32. The number of halogens is 2. The maximum atomic E-state index is 12.6. The quantitative estimate of drug-likeness (QED) is 0.529. The van der Waals surface area contributed by atoms with Crippen molar-refractivity contribution in [1.82, 2.24) is 0 Å². The summed E-state index contributed by atoms with van der Waals surface area (Å²) < 4.78 is 34.5. The van der Waals surface area contributed by atoms with Crippen LogP contribution in [0.5, 0.6) is 11.5 Å². The number of alkyl halides is 2. The molecular weight excluding hydrogens is 380 g/mol. The number of methoxy groups -OCH3 is 1. The second kappa shape index (κ2) is 7.35. The molecule has 0 unspecified atom stereocenters. The van der Waals surface area contributed by atoms with Gasteiger partial charge >= 0.3 is 6.61 Å². The maximum Gasteiger partial charge on any atom is 0.387 e. The highest BCUT2D eigenvalue weighted by molar-refractivity contribution is 6.22. The molecule has 7 heteroatoms. The first-order chi connectivity index (χ1) is 14.0. The number of hydrogen-bond acceptors (Lipinski definition) is 4. The molecule has 0 saturated heterocycles. The Bertz CT molecular complexity index is 1130. The van der Waals surface area contributed by atoms with Gasteiger partial charge in [0.2, 0.25) is 0 Å². The van der Waals surface area contributed by atoms with Crippen LogP contribution in [0.25, 0.3) is 11.1 Å². The van der Waals surface area contributed by atoms with E-state index >= 15 is 0 Å². The number of fused-ring (bicyclic) bond motifs is 3. The highest BCUT2D eigenvalue weighted by atomic mass is 19.3. The normalized spacial score (nSPS) is 11.8. The van der Waals surface area contributed by atoms with E-state index in [1.807, 2.05) is 12.1 Å². The Hall–Kier alpha value is -3.74. The van der Waals surface area contributed by atoms with Crippen LogP contribution in [-0.2, 0) is 0 Å². The summed E-state index contributed by atoms with van der Waals surface area (Å²) in [5.74, 6) is -0.698. The van der Waals surface area contributed by atoms with Crippen molar-refractivity contribution in [3.05, 3.63) is 77.4 Å². The van der Waals surface area contributed by atoms with Crippen LogP contribution < -0.4 is 14.8 Å². The summed E-state index contributed by atoms with van der Waals surface area (Å²) in [5.41, 5.74) is 3.19. The Morgan fingerprint density at radius 1 is 0.897 bits per heavy atom. The van der Waals surface area contributed by atoms with Crippen LogP contribution >= 0.6 is 0 Å². The van der Waals surface area contributed by atoms with E-state index in [0.29, 0.717) is 11.1 Å². The SMILES string of the molecule is COc1ccc(NC(=O)c2ccc3c(c2)C(=O)c2ccccc2-3)cc1OC(F)F. The first-order valence-electron chi connectivity index (χ1n) is 8.70. The topological polar surface area (TPSA) is 64.6 Å². The van der Waals surface area contributed by atoms with Gasteiger partial charge in [-0.2, -0.15) is 8.78 Å². The van der Waals surface area contributed by atoms with Gasteiger partial charge in [-0.05, 0) is 35.4 Å². The van der Waals surface area contributed by atoms with Crippen LogP contribution in [0, 0.1) is 0 Å². The van der Waals surface area contributed by atoms with Gasteiger partial charge in [-0.15, -0.1) is 0 Å². The van der Waals surface area contributed by atoms with E-state index in [1.165, 1.54) is 31.4 Å². The summed E-state index contributed by atoms with van der Waals surface area (Å²) in [4.78, 5) is 25.2. The number of rotatable bonds is 5. The number of carbonyl (C=O) groups excluding carboxylic acids is 2. The molecular formula is C22H15F2NO4. The molecule has 0 atom stereocenters. The summed E-state index contributed by atoms with van der Waals surface area (Å²) >= 11 is 0. The second-order valence-corrected chi connectivity index (χ2v) is 6.33. The van der Waals surface area contributed by atoms with E-state index < -0.39 is 12.5 Å². The van der Waals surface area contributed by atoms with Crippen LogP contribution in [0.2, 0.25) is 0 Å². The molecule has 4 rings (SSSR count). The van der Waals surface area contributed by atoms with Crippen molar-refractivity contribution < 1.29 is 27.8 Å². The molecule has 29 heavy (non-hydrogen) atoms. The minimum atomic E-state index is -3.03. The van der Waals surface area contributed by atoms with Gasteiger partial charge in [-0.3, -0.25) is 9.59 Å². The Labute approximate surface area is 164 Å². The zero-order valence-electron chi connectivity index (χ0n) is 15.2. The number of hydrogen-bond donors (Lipinski definition) is 1.